The summed E-state index contributed by atoms with van der Waals surface area (Å²) >= 11 is 5.68. The third kappa shape index (κ3) is 4.14. The lowest BCUT2D eigenvalue weighted by Crippen LogP contribution is -2.26. The minimum atomic E-state index is -4.30. The Kier molecular flexibility index (Phi) is 4.62. The summed E-state index contributed by atoms with van der Waals surface area (Å²) in [5.41, 5.74) is 0. The van der Waals surface area contributed by atoms with E-state index in [1.54, 1.807) is 0 Å². The molecule has 0 bridgehead atoms. The van der Waals surface area contributed by atoms with Crippen molar-refractivity contribution >= 4 is 21.6 Å². The van der Waals surface area contributed by atoms with Crippen molar-refractivity contribution in [3.8, 4) is 0 Å². The molecule has 0 unspecified atom stereocenters. The summed E-state index contributed by atoms with van der Waals surface area (Å²) in [5, 5.41) is -0.489. The van der Waals surface area contributed by atoms with Crippen LogP contribution in [0.15, 0.2) is 11.4 Å². The number of aryl methyl sites for hydroxylation is 1. The van der Waals surface area contributed by atoms with Gasteiger partial charge in [0.15, 0.2) is 0 Å². The monoisotopic (exact) mass is 305 g/mol. The van der Waals surface area contributed by atoms with Gasteiger partial charge in [-0.25, -0.2) is 18.1 Å². The van der Waals surface area contributed by atoms with Gasteiger partial charge in [0, 0.05) is 20.0 Å². The van der Waals surface area contributed by atoms with Crippen molar-refractivity contribution < 1.29 is 21.6 Å². The maximum atomic E-state index is 11.9. The summed E-state index contributed by atoms with van der Waals surface area (Å²) in [6, 6.07) is 0. The minimum absolute atomic E-state index is 0.0988. The van der Waals surface area contributed by atoms with Gasteiger partial charge in [0.05, 0.1) is 6.33 Å². The van der Waals surface area contributed by atoms with Gasteiger partial charge in [-0.05, 0) is 6.42 Å². The summed E-state index contributed by atoms with van der Waals surface area (Å²) in [5.74, 6) is 0. The van der Waals surface area contributed by atoms with Crippen LogP contribution in [0, 0.1) is 0 Å². The second kappa shape index (κ2) is 5.45. The Labute approximate surface area is 107 Å². The number of sulfonamides is 1. The molecule has 1 aromatic heterocycles. The predicted octanol–water partition coefficient (Wildman–Crippen LogP) is 1.69. The molecule has 1 rings (SSSR count). The first kappa shape index (κ1) is 15.3. The van der Waals surface area contributed by atoms with E-state index < -0.39 is 27.6 Å². The van der Waals surface area contributed by atoms with Crippen molar-refractivity contribution in [2.45, 2.75) is 24.0 Å². The van der Waals surface area contributed by atoms with Gasteiger partial charge >= 0.3 is 6.18 Å². The second-order valence-corrected chi connectivity index (χ2v) is 5.61. The van der Waals surface area contributed by atoms with Gasteiger partial charge in [0.1, 0.15) is 5.15 Å². The molecule has 5 nitrogen and oxygen atoms in total. The first-order valence-electron chi connectivity index (χ1n) is 4.87. The Balaban J connectivity index is 2.59. The molecule has 0 atom stereocenters. The standard InChI is InChI=1S/C8H11ClF3N3O2S/c1-15-5-13-7(6(15)9)18(16,17)14-4-2-3-8(10,11)12/h5,14H,2-4H2,1H3. The fraction of sp³-hybridized carbons (Fsp3) is 0.625. The Bertz CT molecular complexity index is 512. The van der Waals surface area contributed by atoms with Crippen LogP contribution in [0.3, 0.4) is 0 Å². The van der Waals surface area contributed by atoms with Crippen molar-refractivity contribution in [1.82, 2.24) is 14.3 Å². The van der Waals surface area contributed by atoms with Gasteiger partial charge in [-0.2, -0.15) is 13.2 Å². The van der Waals surface area contributed by atoms with Crippen LogP contribution in [0.5, 0.6) is 0 Å². The van der Waals surface area contributed by atoms with E-state index in [0.717, 1.165) is 0 Å². The number of imidazole rings is 1. The third-order valence-electron chi connectivity index (χ3n) is 2.02. The van der Waals surface area contributed by atoms with E-state index in [2.05, 4.69) is 4.98 Å². The van der Waals surface area contributed by atoms with Gasteiger partial charge < -0.3 is 4.57 Å². The van der Waals surface area contributed by atoms with E-state index in [-0.39, 0.29) is 18.1 Å². The molecule has 0 spiro atoms. The highest BCUT2D eigenvalue weighted by Crippen LogP contribution is 2.21. The van der Waals surface area contributed by atoms with Crippen molar-refractivity contribution in [1.29, 1.82) is 0 Å². The van der Waals surface area contributed by atoms with Crippen LogP contribution < -0.4 is 4.72 Å². The van der Waals surface area contributed by atoms with Crippen LogP contribution in [0.1, 0.15) is 12.8 Å². The molecule has 10 heteroatoms. The topological polar surface area (TPSA) is 64.0 Å². The van der Waals surface area contributed by atoms with Crippen LogP contribution in [0.25, 0.3) is 0 Å². The highest BCUT2D eigenvalue weighted by atomic mass is 35.5. The van der Waals surface area contributed by atoms with Crippen molar-refractivity contribution in [2.24, 2.45) is 7.05 Å². The number of hydrogen-bond acceptors (Lipinski definition) is 3. The summed E-state index contributed by atoms with van der Waals surface area (Å²) < 4.78 is 62.1. The Hall–Kier alpha value is -0.800. The molecule has 0 saturated carbocycles. The molecule has 0 radical (unpaired) electrons. The smallest absolute Gasteiger partial charge is 0.324 e. The zero-order chi connectivity index (χ0) is 14.0. The number of halogens is 4. The van der Waals surface area contributed by atoms with Gasteiger partial charge in [0.2, 0.25) is 5.03 Å². The van der Waals surface area contributed by atoms with Crippen molar-refractivity contribution in [3.63, 3.8) is 0 Å². The third-order valence-corrected chi connectivity index (χ3v) is 3.97. The largest absolute Gasteiger partial charge is 0.389 e. The molecule has 1 aromatic rings. The lowest BCUT2D eigenvalue weighted by molar-refractivity contribution is -0.135. The predicted molar refractivity (Wildman–Crippen MR) is 58.7 cm³/mol. The summed E-state index contributed by atoms with van der Waals surface area (Å²) in [6.07, 6.45) is -4.49. The number of hydrogen-bond donors (Lipinski definition) is 1. The lowest BCUT2D eigenvalue weighted by Gasteiger charge is -2.07. The fourth-order valence-corrected chi connectivity index (χ4v) is 2.64. The van der Waals surface area contributed by atoms with Crippen molar-refractivity contribution in [2.75, 3.05) is 6.54 Å². The average molecular weight is 306 g/mol. The van der Waals surface area contributed by atoms with Crippen molar-refractivity contribution in [3.05, 3.63) is 11.5 Å². The lowest BCUT2D eigenvalue weighted by atomic mass is 10.3. The molecule has 0 amide bonds. The second-order valence-electron chi connectivity index (χ2n) is 3.57. The highest BCUT2D eigenvalue weighted by Gasteiger charge is 2.27. The SMILES string of the molecule is Cn1cnc(S(=O)(=O)NCCCC(F)(F)F)c1Cl. The molecular formula is C8H11ClF3N3O2S. The van der Waals surface area contributed by atoms with Gasteiger partial charge in [0.25, 0.3) is 10.0 Å². The molecule has 0 aliphatic carbocycles. The summed E-state index contributed by atoms with van der Waals surface area (Å²) in [4.78, 5) is 3.57. The van der Waals surface area contributed by atoms with E-state index in [9.17, 15) is 21.6 Å². The van der Waals surface area contributed by atoms with E-state index in [1.807, 2.05) is 4.72 Å². The number of alkyl halides is 3. The zero-order valence-corrected chi connectivity index (χ0v) is 10.9. The Morgan fingerprint density at radius 1 is 1.50 bits per heavy atom. The average Bonchev–Trinajstić information content (AvgIpc) is 2.54. The molecule has 1 heterocycles. The molecule has 104 valence electrons. The number of aromatic nitrogens is 2. The maximum absolute atomic E-state index is 11.9. The molecule has 0 aliphatic heterocycles. The van der Waals surface area contributed by atoms with E-state index in [4.69, 9.17) is 11.6 Å². The van der Waals surface area contributed by atoms with Crippen LogP contribution in [-0.4, -0.2) is 30.7 Å². The molecule has 0 saturated heterocycles. The Morgan fingerprint density at radius 2 is 2.11 bits per heavy atom. The van der Waals surface area contributed by atoms with E-state index in [0.29, 0.717) is 0 Å². The normalized spacial score (nSPS) is 12.9. The maximum Gasteiger partial charge on any atom is 0.389 e. The highest BCUT2D eigenvalue weighted by molar-refractivity contribution is 7.89. The van der Waals surface area contributed by atoms with E-state index in [1.165, 1.54) is 17.9 Å². The quantitative estimate of drug-likeness (QED) is 0.842. The van der Waals surface area contributed by atoms with Gasteiger partial charge in [-0.1, -0.05) is 11.6 Å². The van der Waals surface area contributed by atoms with Crippen LogP contribution in [-0.2, 0) is 17.1 Å². The van der Waals surface area contributed by atoms with Gasteiger partial charge in [-0.3, -0.25) is 0 Å². The zero-order valence-electron chi connectivity index (χ0n) is 9.33. The first-order chi connectivity index (χ1) is 8.13. The Morgan fingerprint density at radius 3 is 2.56 bits per heavy atom. The first-order valence-corrected chi connectivity index (χ1v) is 6.73. The molecule has 0 fully saturated rings. The fourth-order valence-electron chi connectivity index (χ4n) is 1.14. The number of rotatable bonds is 5. The molecule has 0 aromatic carbocycles. The molecular weight excluding hydrogens is 295 g/mol. The number of nitrogens with zero attached hydrogens (tertiary/aromatic N) is 2. The van der Waals surface area contributed by atoms with Gasteiger partial charge in [-0.15, -0.1) is 0 Å². The molecule has 0 aliphatic rings. The van der Waals surface area contributed by atoms with Crippen LogP contribution >= 0.6 is 11.6 Å². The molecule has 1 N–H and O–H groups in total. The molecule has 18 heavy (non-hydrogen) atoms. The minimum Gasteiger partial charge on any atom is -0.324 e. The summed E-state index contributed by atoms with van der Waals surface area (Å²) in [7, 11) is -2.47. The van der Waals surface area contributed by atoms with E-state index >= 15 is 0 Å². The van der Waals surface area contributed by atoms with Crippen LogP contribution in [0.4, 0.5) is 13.2 Å². The summed E-state index contributed by atoms with van der Waals surface area (Å²) in [6.45, 7) is -0.325. The number of nitrogens with one attached hydrogen (secondary N) is 1. The van der Waals surface area contributed by atoms with Crippen LogP contribution in [0.2, 0.25) is 5.15 Å².